The Labute approximate surface area is 72.9 Å². The van der Waals surface area contributed by atoms with Crippen LogP contribution in [0.5, 0.6) is 0 Å². The van der Waals surface area contributed by atoms with Gasteiger partial charge in [0.25, 0.3) is 0 Å². The van der Waals surface area contributed by atoms with Crippen molar-refractivity contribution in [2.45, 2.75) is 13.3 Å². The summed E-state index contributed by atoms with van der Waals surface area (Å²) in [6, 6.07) is 0. The van der Waals surface area contributed by atoms with E-state index in [0.717, 1.165) is 32.6 Å². The monoisotopic (exact) mass is 172 g/mol. The van der Waals surface area contributed by atoms with Crippen LogP contribution < -0.4 is 5.32 Å². The van der Waals surface area contributed by atoms with Crippen molar-refractivity contribution in [1.29, 1.82) is 0 Å². The Morgan fingerprint density at radius 1 is 1.58 bits per heavy atom. The van der Waals surface area contributed by atoms with Gasteiger partial charge in [0, 0.05) is 13.1 Å². The first-order chi connectivity index (χ1) is 5.84. The van der Waals surface area contributed by atoms with E-state index < -0.39 is 0 Å². The average Bonchev–Trinajstić information content (AvgIpc) is 2.46. The molecule has 0 aromatic carbocycles. The summed E-state index contributed by atoms with van der Waals surface area (Å²) in [5.41, 5.74) is 0. The van der Waals surface area contributed by atoms with Crippen molar-refractivity contribution >= 4 is 6.09 Å². The third-order valence-electron chi connectivity index (χ3n) is 1.83. The van der Waals surface area contributed by atoms with E-state index in [1.54, 1.807) is 4.90 Å². The summed E-state index contributed by atoms with van der Waals surface area (Å²) in [6.07, 6.45) is 0.957. The molecule has 0 aromatic rings. The fraction of sp³-hybridized carbons (Fsp3) is 0.875. The predicted molar refractivity (Wildman–Crippen MR) is 46.1 cm³/mol. The Bertz CT molecular complexity index is 150. The molecular formula is C8H16N2O2. The maximum atomic E-state index is 10.9. The van der Waals surface area contributed by atoms with Crippen molar-refractivity contribution in [1.82, 2.24) is 10.2 Å². The minimum Gasteiger partial charge on any atom is -0.448 e. The fourth-order valence-corrected chi connectivity index (χ4v) is 1.14. The highest BCUT2D eigenvalue weighted by Gasteiger charge is 2.20. The van der Waals surface area contributed by atoms with Crippen LogP contribution in [-0.4, -0.2) is 43.8 Å². The molecule has 1 aliphatic rings. The first-order valence-electron chi connectivity index (χ1n) is 4.47. The number of carbonyl (C=O) groups excluding carboxylic acids is 1. The van der Waals surface area contributed by atoms with E-state index in [2.05, 4.69) is 12.2 Å². The SMILES string of the molecule is CCCNCCN1CCOC1=O. The minimum absolute atomic E-state index is 0.173. The topological polar surface area (TPSA) is 41.6 Å². The lowest BCUT2D eigenvalue weighted by molar-refractivity contribution is 0.158. The number of cyclic esters (lactones) is 1. The summed E-state index contributed by atoms with van der Waals surface area (Å²) >= 11 is 0. The van der Waals surface area contributed by atoms with Crippen molar-refractivity contribution in [3.8, 4) is 0 Å². The van der Waals surface area contributed by atoms with Gasteiger partial charge in [-0.2, -0.15) is 0 Å². The van der Waals surface area contributed by atoms with Crippen molar-refractivity contribution < 1.29 is 9.53 Å². The van der Waals surface area contributed by atoms with E-state index >= 15 is 0 Å². The van der Waals surface area contributed by atoms with E-state index in [4.69, 9.17) is 4.74 Å². The van der Waals surface area contributed by atoms with E-state index in [0.29, 0.717) is 6.61 Å². The van der Waals surface area contributed by atoms with Gasteiger partial charge in [0.1, 0.15) is 6.61 Å². The normalized spacial score (nSPS) is 16.8. The van der Waals surface area contributed by atoms with Crippen LogP contribution in [-0.2, 0) is 4.74 Å². The summed E-state index contributed by atoms with van der Waals surface area (Å²) < 4.78 is 4.78. The number of rotatable bonds is 5. The van der Waals surface area contributed by atoms with Crippen LogP contribution in [0.3, 0.4) is 0 Å². The molecule has 0 atom stereocenters. The lowest BCUT2D eigenvalue weighted by Crippen LogP contribution is -2.32. The molecule has 0 aliphatic carbocycles. The van der Waals surface area contributed by atoms with Crippen molar-refractivity contribution in [2.75, 3.05) is 32.8 Å². The van der Waals surface area contributed by atoms with E-state index in [9.17, 15) is 4.79 Å². The molecule has 0 aromatic heterocycles. The molecule has 70 valence electrons. The van der Waals surface area contributed by atoms with Gasteiger partial charge in [-0.15, -0.1) is 0 Å². The summed E-state index contributed by atoms with van der Waals surface area (Å²) in [5.74, 6) is 0. The lowest BCUT2D eigenvalue weighted by Gasteiger charge is -2.12. The van der Waals surface area contributed by atoms with Gasteiger partial charge < -0.3 is 15.0 Å². The quantitative estimate of drug-likeness (QED) is 0.612. The molecule has 0 bridgehead atoms. The summed E-state index contributed by atoms with van der Waals surface area (Å²) in [7, 11) is 0. The predicted octanol–water partition coefficient (Wildman–Crippen LogP) is 0.438. The van der Waals surface area contributed by atoms with Crippen LogP contribution in [0.2, 0.25) is 0 Å². The Kier molecular flexibility index (Phi) is 3.87. The molecule has 0 spiro atoms. The molecule has 1 N–H and O–H groups in total. The maximum Gasteiger partial charge on any atom is 0.409 e. The number of amides is 1. The third-order valence-corrected chi connectivity index (χ3v) is 1.83. The van der Waals surface area contributed by atoms with E-state index in [1.165, 1.54) is 0 Å². The molecule has 0 unspecified atom stereocenters. The van der Waals surface area contributed by atoms with Gasteiger partial charge in [-0.1, -0.05) is 6.92 Å². The summed E-state index contributed by atoms with van der Waals surface area (Å²) in [4.78, 5) is 12.6. The third kappa shape index (κ3) is 2.70. The second-order valence-electron chi connectivity index (χ2n) is 2.85. The van der Waals surface area contributed by atoms with Gasteiger partial charge in [-0.05, 0) is 13.0 Å². The highest BCUT2D eigenvalue weighted by atomic mass is 16.6. The molecule has 1 heterocycles. The zero-order chi connectivity index (χ0) is 8.81. The molecular weight excluding hydrogens is 156 g/mol. The van der Waals surface area contributed by atoms with Crippen molar-refractivity contribution in [3.63, 3.8) is 0 Å². The minimum atomic E-state index is -0.173. The second-order valence-corrected chi connectivity index (χ2v) is 2.85. The van der Waals surface area contributed by atoms with E-state index in [-0.39, 0.29) is 6.09 Å². The summed E-state index contributed by atoms with van der Waals surface area (Å²) in [5, 5.41) is 3.23. The van der Waals surface area contributed by atoms with E-state index in [1.807, 2.05) is 0 Å². The molecule has 1 rings (SSSR count). The molecule has 4 heteroatoms. The van der Waals surface area contributed by atoms with Crippen LogP contribution in [0.4, 0.5) is 4.79 Å². The fourth-order valence-electron chi connectivity index (χ4n) is 1.14. The lowest BCUT2D eigenvalue weighted by atomic mass is 10.4. The van der Waals surface area contributed by atoms with Crippen LogP contribution in [0.25, 0.3) is 0 Å². The van der Waals surface area contributed by atoms with Gasteiger partial charge in [-0.3, -0.25) is 0 Å². The number of carbonyl (C=O) groups is 1. The molecule has 0 saturated carbocycles. The zero-order valence-electron chi connectivity index (χ0n) is 7.51. The van der Waals surface area contributed by atoms with Gasteiger partial charge in [0.15, 0.2) is 0 Å². The highest BCUT2D eigenvalue weighted by Crippen LogP contribution is 2.00. The van der Waals surface area contributed by atoms with Gasteiger partial charge in [-0.25, -0.2) is 4.79 Å². The Morgan fingerprint density at radius 3 is 3.00 bits per heavy atom. The number of nitrogens with one attached hydrogen (secondary N) is 1. The first-order valence-corrected chi connectivity index (χ1v) is 4.47. The second kappa shape index (κ2) is 4.98. The molecule has 0 radical (unpaired) electrons. The van der Waals surface area contributed by atoms with Crippen molar-refractivity contribution in [2.24, 2.45) is 0 Å². The molecule has 1 amide bonds. The van der Waals surface area contributed by atoms with Gasteiger partial charge in [0.05, 0.1) is 6.54 Å². The molecule has 1 saturated heterocycles. The maximum absolute atomic E-state index is 10.9. The van der Waals surface area contributed by atoms with Gasteiger partial charge in [0.2, 0.25) is 0 Å². The molecule has 1 aliphatic heterocycles. The number of hydrogen-bond acceptors (Lipinski definition) is 3. The first kappa shape index (κ1) is 9.32. The largest absolute Gasteiger partial charge is 0.448 e. The average molecular weight is 172 g/mol. The van der Waals surface area contributed by atoms with Crippen LogP contribution in [0.1, 0.15) is 13.3 Å². The van der Waals surface area contributed by atoms with Crippen molar-refractivity contribution in [3.05, 3.63) is 0 Å². The van der Waals surface area contributed by atoms with Crippen LogP contribution in [0.15, 0.2) is 0 Å². The Morgan fingerprint density at radius 2 is 2.42 bits per heavy atom. The molecule has 12 heavy (non-hydrogen) atoms. The number of nitrogens with zero attached hydrogens (tertiary/aromatic N) is 1. The number of ether oxygens (including phenoxy) is 1. The molecule has 1 fully saturated rings. The smallest absolute Gasteiger partial charge is 0.409 e. The highest BCUT2D eigenvalue weighted by molar-refractivity contribution is 5.69. The van der Waals surface area contributed by atoms with Crippen LogP contribution in [0, 0.1) is 0 Å². The Hall–Kier alpha value is -0.770. The molecule has 4 nitrogen and oxygen atoms in total. The summed E-state index contributed by atoms with van der Waals surface area (Å²) in [6.45, 7) is 6.06. The van der Waals surface area contributed by atoms with Gasteiger partial charge >= 0.3 is 6.09 Å². The zero-order valence-corrected chi connectivity index (χ0v) is 7.51. The Balaban J connectivity index is 2.02. The van der Waals surface area contributed by atoms with Crippen LogP contribution >= 0.6 is 0 Å². The standard InChI is InChI=1S/C8H16N2O2/c1-2-3-9-4-5-10-6-7-12-8(10)11/h9H,2-7H2,1H3. The number of hydrogen-bond donors (Lipinski definition) is 1.